The van der Waals surface area contributed by atoms with E-state index in [9.17, 15) is 0 Å². The van der Waals surface area contributed by atoms with E-state index < -0.39 is 0 Å². The van der Waals surface area contributed by atoms with Crippen molar-refractivity contribution in [3.05, 3.63) is 54.6 Å². The Labute approximate surface area is 87.4 Å². The van der Waals surface area contributed by atoms with Crippen LogP contribution in [0.3, 0.4) is 0 Å². The maximum absolute atomic E-state index is 7.00. The first-order valence-corrected chi connectivity index (χ1v) is 4.46. The standard InChI is InChI=1S/C9H10.C3H6.CH4O/c1-3-9-7-5-4-6-8(9)2;1-3-2;1-2/h3-7H,1H2,2H3;3H,1H2,2H3;2H,1H3. The largest absolute Gasteiger partial charge is 0.400 e. The van der Waals surface area contributed by atoms with Crippen molar-refractivity contribution in [2.45, 2.75) is 13.8 Å². The zero-order valence-corrected chi connectivity index (χ0v) is 9.33. The average molecular weight is 192 g/mol. The fourth-order valence-corrected chi connectivity index (χ4v) is 0.816. The summed E-state index contributed by atoms with van der Waals surface area (Å²) >= 11 is 0. The maximum Gasteiger partial charge on any atom is 0.0319 e. The second-order valence-electron chi connectivity index (χ2n) is 2.47. The van der Waals surface area contributed by atoms with E-state index in [0.29, 0.717) is 0 Å². The third kappa shape index (κ3) is 7.32. The van der Waals surface area contributed by atoms with Crippen LogP contribution in [0.1, 0.15) is 18.1 Å². The predicted molar refractivity (Wildman–Crippen MR) is 65.3 cm³/mol. The highest BCUT2D eigenvalue weighted by Crippen LogP contribution is 2.06. The molecule has 0 aliphatic rings. The molecule has 78 valence electrons. The molecule has 0 atom stereocenters. The van der Waals surface area contributed by atoms with Crippen LogP contribution < -0.4 is 0 Å². The fraction of sp³-hybridized carbons (Fsp3) is 0.231. The average Bonchev–Trinajstić information content (AvgIpc) is 2.23. The summed E-state index contributed by atoms with van der Waals surface area (Å²) in [6.07, 6.45) is 3.62. The third-order valence-corrected chi connectivity index (χ3v) is 1.41. The molecule has 14 heavy (non-hydrogen) atoms. The number of rotatable bonds is 1. The molecule has 1 heteroatoms. The smallest absolute Gasteiger partial charge is 0.0319 e. The number of aliphatic hydroxyl groups is 1. The zero-order chi connectivity index (χ0) is 11.4. The van der Waals surface area contributed by atoms with Gasteiger partial charge < -0.3 is 5.11 Å². The van der Waals surface area contributed by atoms with Crippen molar-refractivity contribution >= 4 is 6.08 Å². The molecule has 0 saturated heterocycles. The van der Waals surface area contributed by atoms with Gasteiger partial charge in [0.2, 0.25) is 0 Å². The van der Waals surface area contributed by atoms with Crippen LogP contribution in [0.4, 0.5) is 0 Å². The first-order valence-electron chi connectivity index (χ1n) is 4.46. The molecule has 0 heterocycles. The lowest BCUT2D eigenvalue weighted by Gasteiger charge is -1.95. The molecule has 1 aromatic carbocycles. The Balaban J connectivity index is 0. The molecule has 0 aromatic heterocycles. The third-order valence-electron chi connectivity index (χ3n) is 1.41. The zero-order valence-electron chi connectivity index (χ0n) is 9.33. The summed E-state index contributed by atoms with van der Waals surface area (Å²) in [4.78, 5) is 0. The van der Waals surface area contributed by atoms with E-state index in [1.807, 2.05) is 25.1 Å². The highest BCUT2D eigenvalue weighted by molar-refractivity contribution is 5.50. The highest BCUT2D eigenvalue weighted by atomic mass is 16.2. The molecule has 0 amide bonds. The predicted octanol–water partition coefficient (Wildman–Crippen LogP) is 3.44. The molecule has 0 aliphatic carbocycles. The fourth-order valence-electron chi connectivity index (χ4n) is 0.816. The summed E-state index contributed by atoms with van der Waals surface area (Å²) in [6, 6.07) is 8.19. The monoisotopic (exact) mass is 192 g/mol. The van der Waals surface area contributed by atoms with Gasteiger partial charge >= 0.3 is 0 Å². The molecule has 0 bridgehead atoms. The Morgan fingerprint density at radius 3 is 1.86 bits per heavy atom. The molecule has 1 rings (SSSR count). The van der Waals surface area contributed by atoms with Crippen molar-refractivity contribution in [2.75, 3.05) is 7.11 Å². The Morgan fingerprint density at radius 1 is 1.14 bits per heavy atom. The van der Waals surface area contributed by atoms with E-state index in [0.717, 1.165) is 7.11 Å². The molecule has 1 aromatic rings. The molecule has 0 aliphatic heterocycles. The molecular weight excluding hydrogens is 172 g/mol. The molecule has 0 radical (unpaired) electrons. The number of hydrogen-bond donors (Lipinski definition) is 1. The molecular formula is C13H20O. The number of aliphatic hydroxyl groups excluding tert-OH is 1. The van der Waals surface area contributed by atoms with E-state index in [2.05, 4.69) is 32.2 Å². The summed E-state index contributed by atoms with van der Waals surface area (Å²) in [5.74, 6) is 0. The molecule has 1 N–H and O–H groups in total. The van der Waals surface area contributed by atoms with Crippen LogP contribution in [0, 0.1) is 6.92 Å². The van der Waals surface area contributed by atoms with Gasteiger partial charge in [0.15, 0.2) is 0 Å². The topological polar surface area (TPSA) is 20.2 Å². The highest BCUT2D eigenvalue weighted by Gasteiger charge is 1.86. The van der Waals surface area contributed by atoms with Crippen molar-refractivity contribution in [2.24, 2.45) is 0 Å². The minimum absolute atomic E-state index is 1.00. The number of allylic oxidation sites excluding steroid dienone is 1. The molecule has 0 unspecified atom stereocenters. The summed E-state index contributed by atoms with van der Waals surface area (Å²) in [5.41, 5.74) is 2.50. The van der Waals surface area contributed by atoms with E-state index in [1.165, 1.54) is 11.1 Å². The number of benzene rings is 1. The summed E-state index contributed by atoms with van der Waals surface area (Å²) in [7, 11) is 1.00. The van der Waals surface area contributed by atoms with Crippen molar-refractivity contribution in [3.63, 3.8) is 0 Å². The Bertz CT molecular complexity index is 251. The lowest BCUT2D eigenvalue weighted by atomic mass is 10.1. The van der Waals surface area contributed by atoms with Crippen LogP contribution in [0.5, 0.6) is 0 Å². The summed E-state index contributed by atoms with van der Waals surface area (Å²) in [6.45, 7) is 11.0. The van der Waals surface area contributed by atoms with Crippen LogP contribution in [0.15, 0.2) is 43.5 Å². The van der Waals surface area contributed by atoms with Crippen molar-refractivity contribution in [1.82, 2.24) is 0 Å². The molecule has 0 saturated carbocycles. The van der Waals surface area contributed by atoms with Crippen LogP contribution >= 0.6 is 0 Å². The second kappa shape index (κ2) is 11.7. The Morgan fingerprint density at radius 2 is 1.57 bits per heavy atom. The van der Waals surface area contributed by atoms with Gasteiger partial charge in [0.25, 0.3) is 0 Å². The minimum Gasteiger partial charge on any atom is -0.400 e. The van der Waals surface area contributed by atoms with Gasteiger partial charge in [-0.25, -0.2) is 0 Å². The van der Waals surface area contributed by atoms with Gasteiger partial charge in [-0.05, 0) is 25.0 Å². The van der Waals surface area contributed by atoms with E-state index in [4.69, 9.17) is 5.11 Å². The number of hydrogen-bond acceptors (Lipinski definition) is 1. The van der Waals surface area contributed by atoms with Gasteiger partial charge in [-0.1, -0.05) is 43.0 Å². The van der Waals surface area contributed by atoms with Crippen LogP contribution in [-0.4, -0.2) is 12.2 Å². The molecule has 1 nitrogen and oxygen atoms in total. The maximum atomic E-state index is 7.00. The van der Waals surface area contributed by atoms with Crippen LogP contribution in [0.2, 0.25) is 0 Å². The first kappa shape index (κ1) is 15.1. The first-order chi connectivity index (χ1) is 6.76. The van der Waals surface area contributed by atoms with Gasteiger partial charge in [0.1, 0.15) is 0 Å². The van der Waals surface area contributed by atoms with Crippen molar-refractivity contribution in [1.29, 1.82) is 0 Å². The minimum atomic E-state index is 1.00. The Kier molecular flexibility index (Phi) is 12.6. The van der Waals surface area contributed by atoms with Gasteiger partial charge in [-0.2, -0.15) is 0 Å². The van der Waals surface area contributed by atoms with Gasteiger partial charge in [0, 0.05) is 7.11 Å². The normalized spacial score (nSPS) is 7.14. The quantitative estimate of drug-likeness (QED) is 0.676. The van der Waals surface area contributed by atoms with Gasteiger partial charge in [0.05, 0.1) is 0 Å². The summed E-state index contributed by atoms with van der Waals surface area (Å²) in [5, 5.41) is 7.00. The van der Waals surface area contributed by atoms with Crippen LogP contribution in [0.25, 0.3) is 6.08 Å². The van der Waals surface area contributed by atoms with E-state index >= 15 is 0 Å². The Hall–Kier alpha value is -1.34. The van der Waals surface area contributed by atoms with E-state index in [-0.39, 0.29) is 0 Å². The van der Waals surface area contributed by atoms with Gasteiger partial charge in [-0.3, -0.25) is 0 Å². The van der Waals surface area contributed by atoms with Crippen molar-refractivity contribution in [3.8, 4) is 0 Å². The lowest BCUT2D eigenvalue weighted by molar-refractivity contribution is 0.399. The molecule has 0 spiro atoms. The van der Waals surface area contributed by atoms with Crippen LogP contribution in [-0.2, 0) is 0 Å². The second-order valence-corrected chi connectivity index (χ2v) is 2.47. The lowest BCUT2D eigenvalue weighted by Crippen LogP contribution is -1.75. The van der Waals surface area contributed by atoms with Crippen molar-refractivity contribution < 1.29 is 5.11 Å². The molecule has 0 fully saturated rings. The number of aryl methyl sites for hydroxylation is 1. The van der Waals surface area contributed by atoms with E-state index in [1.54, 1.807) is 6.08 Å². The SMILES string of the molecule is C=CC.C=Cc1ccccc1C.CO. The van der Waals surface area contributed by atoms with Gasteiger partial charge in [-0.15, -0.1) is 6.58 Å². The summed E-state index contributed by atoms with van der Waals surface area (Å²) < 4.78 is 0.